The van der Waals surface area contributed by atoms with Gasteiger partial charge >= 0.3 is 0 Å². The highest BCUT2D eigenvalue weighted by atomic mass is 16.5. The Morgan fingerprint density at radius 3 is 3.10 bits per heavy atom. The van der Waals surface area contributed by atoms with Crippen molar-refractivity contribution in [2.24, 2.45) is 11.8 Å². The number of pyridine rings is 2. The number of aryl methyl sites for hydroxylation is 1. The van der Waals surface area contributed by atoms with Crippen molar-refractivity contribution in [1.82, 2.24) is 14.9 Å². The zero-order valence-electron chi connectivity index (χ0n) is 17.6. The summed E-state index contributed by atoms with van der Waals surface area (Å²) in [6, 6.07) is 3.97. The number of allylic oxidation sites excluding steroid dienone is 1. The molecule has 7 heteroatoms. The second-order valence-corrected chi connectivity index (χ2v) is 8.35. The molecule has 5 rings (SSSR count). The van der Waals surface area contributed by atoms with E-state index < -0.39 is 0 Å². The molecule has 158 valence electrons. The quantitative estimate of drug-likeness (QED) is 0.613. The standard InChI is InChI=1S/C24H25N5O2/c1-16-3-5-18-9-17(10-26-24(18)27-16)4-6-23(30)29-14-19-12-28(13-20(19)15-29)21-11-25-8-7-22(21)31-2/h4,6-12,19-20H,1,3,5,13-15H2,2H3/p+1. The van der Waals surface area contributed by atoms with Crippen LogP contribution < -0.4 is 10.1 Å². The van der Waals surface area contributed by atoms with Crippen LogP contribution in [0.15, 0.2) is 49.1 Å². The summed E-state index contributed by atoms with van der Waals surface area (Å²) < 4.78 is 7.67. The number of likely N-dealkylation sites (tertiary alicyclic amines) is 1. The number of carbonyl (C=O) groups is 1. The van der Waals surface area contributed by atoms with Crippen molar-refractivity contribution in [2.75, 3.05) is 32.1 Å². The SMILES string of the molecule is C=C1CCc2cc(/C=C/C(=O)N3CC4C=[N+](c5cnccc5OC)CC4C3)cnc2N1. The second kappa shape index (κ2) is 7.98. The highest BCUT2D eigenvalue weighted by molar-refractivity contribution is 5.92. The van der Waals surface area contributed by atoms with Gasteiger partial charge in [0.15, 0.2) is 18.5 Å². The van der Waals surface area contributed by atoms with Crippen molar-refractivity contribution >= 4 is 29.7 Å². The van der Waals surface area contributed by atoms with Crippen LogP contribution in [0.5, 0.6) is 5.75 Å². The molecule has 2 unspecified atom stereocenters. The van der Waals surface area contributed by atoms with Crippen molar-refractivity contribution in [2.45, 2.75) is 12.8 Å². The van der Waals surface area contributed by atoms with Crippen molar-refractivity contribution in [3.8, 4) is 5.75 Å². The Morgan fingerprint density at radius 2 is 2.26 bits per heavy atom. The third kappa shape index (κ3) is 3.83. The van der Waals surface area contributed by atoms with E-state index in [0.29, 0.717) is 11.8 Å². The van der Waals surface area contributed by atoms with Gasteiger partial charge in [0.05, 0.1) is 13.0 Å². The molecule has 7 nitrogen and oxygen atoms in total. The van der Waals surface area contributed by atoms with E-state index >= 15 is 0 Å². The van der Waals surface area contributed by atoms with E-state index in [9.17, 15) is 4.79 Å². The number of amides is 1. The number of anilines is 1. The fraction of sp³-hybridized carbons (Fsp3) is 0.333. The molecule has 0 aromatic carbocycles. The van der Waals surface area contributed by atoms with Gasteiger partial charge in [-0.05, 0) is 36.1 Å². The number of nitrogens with one attached hydrogen (secondary N) is 1. The van der Waals surface area contributed by atoms with Crippen molar-refractivity contribution < 1.29 is 14.1 Å². The summed E-state index contributed by atoms with van der Waals surface area (Å²) in [5.41, 5.74) is 4.09. The van der Waals surface area contributed by atoms with E-state index in [1.807, 2.05) is 23.2 Å². The molecular weight excluding hydrogens is 390 g/mol. The molecule has 0 radical (unpaired) electrons. The fourth-order valence-corrected chi connectivity index (χ4v) is 4.63. The first-order valence-electron chi connectivity index (χ1n) is 10.6. The first kappa shape index (κ1) is 19.5. The summed E-state index contributed by atoms with van der Waals surface area (Å²) in [6.07, 6.45) is 12.9. The molecule has 0 bridgehead atoms. The molecule has 3 aliphatic heterocycles. The van der Waals surface area contributed by atoms with Crippen LogP contribution in [0.1, 0.15) is 17.5 Å². The van der Waals surface area contributed by atoms with Gasteiger partial charge in [-0.15, -0.1) is 0 Å². The van der Waals surface area contributed by atoms with Crippen LogP contribution in [-0.2, 0) is 11.2 Å². The van der Waals surface area contributed by atoms with E-state index in [1.54, 1.807) is 25.6 Å². The highest BCUT2D eigenvalue weighted by Gasteiger charge is 2.43. The normalized spacial score (nSPS) is 22.2. The Hall–Kier alpha value is -3.48. The zero-order chi connectivity index (χ0) is 21.4. The number of hydrogen-bond donors (Lipinski definition) is 1. The maximum absolute atomic E-state index is 12.8. The lowest BCUT2D eigenvalue weighted by atomic mass is 10.0. The van der Waals surface area contributed by atoms with E-state index in [4.69, 9.17) is 4.74 Å². The van der Waals surface area contributed by atoms with Gasteiger partial charge in [0.25, 0.3) is 5.69 Å². The number of aromatic nitrogens is 2. The number of rotatable bonds is 4. The van der Waals surface area contributed by atoms with Crippen LogP contribution in [-0.4, -0.2) is 58.3 Å². The summed E-state index contributed by atoms with van der Waals surface area (Å²) in [6.45, 7) is 6.33. The first-order chi connectivity index (χ1) is 15.1. The molecule has 2 atom stereocenters. The van der Waals surface area contributed by atoms with Crippen molar-refractivity contribution in [3.05, 3.63) is 60.2 Å². The summed E-state index contributed by atoms with van der Waals surface area (Å²) >= 11 is 0. The van der Waals surface area contributed by atoms with Crippen LogP contribution in [0.3, 0.4) is 0 Å². The third-order valence-electron chi connectivity index (χ3n) is 6.29. The fourth-order valence-electron chi connectivity index (χ4n) is 4.63. The lowest BCUT2D eigenvalue weighted by Crippen LogP contribution is -2.29. The molecule has 0 aliphatic carbocycles. The van der Waals surface area contributed by atoms with Gasteiger partial charge in [0.2, 0.25) is 5.91 Å². The van der Waals surface area contributed by atoms with Gasteiger partial charge < -0.3 is 15.0 Å². The van der Waals surface area contributed by atoms with E-state index in [1.165, 1.54) is 5.56 Å². The number of ether oxygens (including phenoxy) is 1. The van der Waals surface area contributed by atoms with E-state index in [-0.39, 0.29) is 5.91 Å². The molecule has 0 spiro atoms. The van der Waals surface area contributed by atoms with Gasteiger partial charge in [0, 0.05) is 49.2 Å². The summed E-state index contributed by atoms with van der Waals surface area (Å²) in [5, 5.41) is 3.22. The number of nitrogens with zero attached hydrogens (tertiary/aromatic N) is 4. The molecule has 3 aliphatic rings. The zero-order valence-corrected chi connectivity index (χ0v) is 17.6. The predicted octanol–water partition coefficient (Wildman–Crippen LogP) is 2.87. The number of hydrogen-bond acceptors (Lipinski definition) is 5. The van der Waals surface area contributed by atoms with Crippen LogP contribution in [0, 0.1) is 11.8 Å². The largest absolute Gasteiger partial charge is 0.490 e. The van der Waals surface area contributed by atoms with Gasteiger partial charge in [-0.3, -0.25) is 9.78 Å². The summed E-state index contributed by atoms with van der Waals surface area (Å²) in [5.74, 6) is 2.52. The molecule has 2 aromatic heterocycles. The van der Waals surface area contributed by atoms with Gasteiger partial charge in [-0.2, -0.15) is 4.58 Å². The van der Waals surface area contributed by atoms with Gasteiger partial charge in [0.1, 0.15) is 12.0 Å². The maximum Gasteiger partial charge on any atom is 0.265 e. The Bertz CT molecular complexity index is 1110. The third-order valence-corrected chi connectivity index (χ3v) is 6.29. The maximum atomic E-state index is 12.8. The van der Waals surface area contributed by atoms with Crippen molar-refractivity contribution in [1.29, 1.82) is 0 Å². The molecule has 1 fully saturated rings. The van der Waals surface area contributed by atoms with E-state index in [0.717, 1.165) is 61.0 Å². The lowest BCUT2D eigenvalue weighted by molar-refractivity contribution is -0.434. The topological polar surface area (TPSA) is 70.4 Å². The molecule has 5 heterocycles. The Balaban J connectivity index is 1.24. The number of fused-ring (bicyclic) bond motifs is 2. The Morgan fingerprint density at radius 1 is 1.35 bits per heavy atom. The van der Waals surface area contributed by atoms with Crippen LogP contribution in [0.25, 0.3) is 6.08 Å². The molecular formula is C24H26N5O2+. The predicted molar refractivity (Wildman–Crippen MR) is 120 cm³/mol. The molecule has 0 saturated carbocycles. The average molecular weight is 417 g/mol. The van der Waals surface area contributed by atoms with Crippen molar-refractivity contribution in [3.63, 3.8) is 0 Å². The van der Waals surface area contributed by atoms with Gasteiger partial charge in [-0.1, -0.05) is 6.58 Å². The minimum absolute atomic E-state index is 0.0533. The molecule has 1 amide bonds. The minimum Gasteiger partial charge on any atom is -0.490 e. The number of methoxy groups -OCH3 is 1. The lowest BCUT2D eigenvalue weighted by Gasteiger charge is -2.19. The average Bonchev–Trinajstić information content (AvgIpc) is 3.37. The van der Waals surface area contributed by atoms with Crippen LogP contribution in [0.2, 0.25) is 0 Å². The molecule has 31 heavy (non-hydrogen) atoms. The summed E-state index contributed by atoms with van der Waals surface area (Å²) in [7, 11) is 1.67. The Labute approximate surface area is 181 Å². The molecule has 1 N–H and O–H groups in total. The molecule has 1 saturated heterocycles. The van der Waals surface area contributed by atoms with Crippen LogP contribution in [0.4, 0.5) is 11.5 Å². The second-order valence-electron chi connectivity index (χ2n) is 8.35. The first-order valence-corrected chi connectivity index (χ1v) is 10.6. The Kier molecular flexibility index (Phi) is 5.02. The number of carbonyl (C=O) groups excluding carboxylic acids is 1. The molecule has 2 aromatic rings. The van der Waals surface area contributed by atoms with Gasteiger partial charge in [-0.25, -0.2) is 4.98 Å². The smallest absolute Gasteiger partial charge is 0.265 e. The highest BCUT2D eigenvalue weighted by Crippen LogP contribution is 2.33. The monoisotopic (exact) mass is 416 g/mol. The summed E-state index contributed by atoms with van der Waals surface area (Å²) in [4.78, 5) is 23.4. The minimum atomic E-state index is 0.0533. The van der Waals surface area contributed by atoms with E-state index in [2.05, 4.69) is 38.7 Å². The van der Waals surface area contributed by atoms with Crippen LogP contribution >= 0.6 is 0 Å².